The predicted octanol–water partition coefficient (Wildman–Crippen LogP) is 4.07. The second-order valence-electron chi connectivity index (χ2n) is 7.62. The van der Waals surface area contributed by atoms with Crippen molar-refractivity contribution in [3.05, 3.63) is 47.2 Å². The normalized spacial score (nSPS) is 19.9. The minimum Gasteiger partial charge on any atom is -0.511 e. The third-order valence-corrected chi connectivity index (χ3v) is 4.96. The Balaban J connectivity index is 2.36. The Morgan fingerprint density at radius 2 is 1.96 bits per heavy atom. The third kappa shape index (κ3) is 4.85. The number of ketones is 1. The largest absolute Gasteiger partial charge is 0.511 e. The number of ether oxygens (including phenoxy) is 1. The molecule has 0 heterocycles. The van der Waals surface area contributed by atoms with Gasteiger partial charge in [0.15, 0.2) is 5.78 Å². The van der Waals surface area contributed by atoms with E-state index in [2.05, 4.69) is 4.99 Å². The predicted molar refractivity (Wildman–Crippen MR) is 106 cm³/mol. The van der Waals surface area contributed by atoms with Gasteiger partial charge >= 0.3 is 5.97 Å². The standard InChI is InChI=1S/C22H29NO4/c1-5-9-16(23-13-12-15-10-7-6-8-11-15)18-17(24)14-22(2,3)19(20(18)25)21(26)27-4/h6-8,10-11,19,25H,5,9,12-14H2,1-4H3. The highest BCUT2D eigenvalue weighted by molar-refractivity contribution is 6.23. The number of benzene rings is 1. The SMILES string of the molecule is CCCC(=NCCc1ccccc1)C1=C(O)C(C(=O)OC)C(C)(C)CC1=O. The van der Waals surface area contributed by atoms with Gasteiger partial charge in [-0.3, -0.25) is 14.6 Å². The first kappa shape index (κ1) is 20.9. The first-order valence-corrected chi connectivity index (χ1v) is 9.43. The van der Waals surface area contributed by atoms with E-state index < -0.39 is 17.3 Å². The lowest BCUT2D eigenvalue weighted by Gasteiger charge is -2.36. The van der Waals surface area contributed by atoms with Crippen molar-refractivity contribution in [3.63, 3.8) is 0 Å². The molecule has 0 aliphatic heterocycles. The fourth-order valence-electron chi connectivity index (χ4n) is 3.60. The molecule has 1 aromatic carbocycles. The van der Waals surface area contributed by atoms with E-state index in [9.17, 15) is 14.7 Å². The Bertz CT molecular complexity index is 747. The summed E-state index contributed by atoms with van der Waals surface area (Å²) >= 11 is 0. The highest BCUT2D eigenvalue weighted by Crippen LogP contribution is 2.42. The first-order valence-electron chi connectivity index (χ1n) is 9.43. The molecule has 1 aliphatic rings. The van der Waals surface area contributed by atoms with E-state index in [0.29, 0.717) is 18.7 Å². The highest BCUT2D eigenvalue weighted by Gasteiger charge is 2.47. The Morgan fingerprint density at radius 3 is 2.56 bits per heavy atom. The number of aliphatic hydroxyl groups is 1. The van der Waals surface area contributed by atoms with Crippen molar-refractivity contribution in [1.29, 1.82) is 0 Å². The van der Waals surface area contributed by atoms with Crippen molar-refractivity contribution in [2.45, 2.75) is 46.5 Å². The average Bonchev–Trinajstić information content (AvgIpc) is 2.61. The summed E-state index contributed by atoms with van der Waals surface area (Å²) in [5, 5.41) is 10.8. The van der Waals surface area contributed by atoms with Crippen LogP contribution in [0, 0.1) is 11.3 Å². The number of aliphatic imine (C=N–C) groups is 1. The van der Waals surface area contributed by atoms with Crippen LogP contribution < -0.4 is 0 Å². The number of allylic oxidation sites excluding steroid dienone is 1. The second-order valence-corrected chi connectivity index (χ2v) is 7.62. The average molecular weight is 371 g/mol. The molecule has 0 fully saturated rings. The van der Waals surface area contributed by atoms with Crippen LogP contribution in [0.3, 0.4) is 0 Å². The number of carbonyl (C=O) groups excluding carboxylic acids is 2. The maximum Gasteiger partial charge on any atom is 0.316 e. The summed E-state index contributed by atoms with van der Waals surface area (Å²) in [6, 6.07) is 10.00. The maximum absolute atomic E-state index is 12.8. The van der Waals surface area contributed by atoms with Gasteiger partial charge in [-0.15, -0.1) is 0 Å². The summed E-state index contributed by atoms with van der Waals surface area (Å²) in [6.07, 6.45) is 2.30. The molecule has 1 aliphatic carbocycles. The Morgan fingerprint density at radius 1 is 1.30 bits per heavy atom. The van der Waals surface area contributed by atoms with Crippen LogP contribution in [0.25, 0.3) is 0 Å². The van der Waals surface area contributed by atoms with Gasteiger partial charge in [0, 0.05) is 18.7 Å². The fourth-order valence-corrected chi connectivity index (χ4v) is 3.60. The molecule has 0 saturated carbocycles. The molecular weight excluding hydrogens is 342 g/mol. The number of hydrogen-bond acceptors (Lipinski definition) is 5. The molecule has 2 rings (SSSR count). The van der Waals surface area contributed by atoms with Crippen LogP contribution in [-0.4, -0.2) is 36.2 Å². The first-order chi connectivity index (χ1) is 12.8. The van der Waals surface area contributed by atoms with E-state index >= 15 is 0 Å². The molecule has 1 N–H and O–H groups in total. The zero-order chi connectivity index (χ0) is 20.0. The number of methoxy groups -OCH3 is 1. The molecule has 0 spiro atoms. The van der Waals surface area contributed by atoms with Crippen molar-refractivity contribution in [1.82, 2.24) is 0 Å². The smallest absolute Gasteiger partial charge is 0.316 e. The van der Waals surface area contributed by atoms with Gasteiger partial charge in [-0.2, -0.15) is 0 Å². The van der Waals surface area contributed by atoms with Gasteiger partial charge in [0.2, 0.25) is 0 Å². The van der Waals surface area contributed by atoms with E-state index in [1.54, 1.807) is 13.8 Å². The van der Waals surface area contributed by atoms with Crippen LogP contribution in [0.2, 0.25) is 0 Å². The number of Topliss-reactive ketones (excluding diaryl/α,β-unsaturated/α-hetero) is 1. The Kier molecular flexibility index (Phi) is 6.94. The third-order valence-electron chi connectivity index (χ3n) is 4.96. The number of rotatable bonds is 7. The zero-order valence-corrected chi connectivity index (χ0v) is 16.6. The number of carbonyl (C=O) groups is 2. The molecule has 0 bridgehead atoms. The van der Waals surface area contributed by atoms with Crippen molar-refractivity contribution < 1.29 is 19.4 Å². The lowest BCUT2D eigenvalue weighted by molar-refractivity contribution is -0.150. The van der Waals surface area contributed by atoms with Crippen LogP contribution in [0.1, 0.15) is 45.6 Å². The van der Waals surface area contributed by atoms with Crippen molar-refractivity contribution in [2.75, 3.05) is 13.7 Å². The molecule has 0 amide bonds. The lowest BCUT2D eigenvalue weighted by Crippen LogP contribution is -2.41. The van der Waals surface area contributed by atoms with Gasteiger partial charge < -0.3 is 9.84 Å². The molecule has 5 nitrogen and oxygen atoms in total. The molecule has 1 aromatic rings. The van der Waals surface area contributed by atoms with Crippen molar-refractivity contribution >= 4 is 17.5 Å². The maximum atomic E-state index is 12.8. The van der Waals surface area contributed by atoms with Gasteiger partial charge in [0.05, 0.1) is 12.7 Å². The topological polar surface area (TPSA) is 76.0 Å². The summed E-state index contributed by atoms with van der Waals surface area (Å²) in [6.45, 7) is 6.12. The molecule has 1 unspecified atom stereocenters. The van der Waals surface area contributed by atoms with Crippen LogP contribution >= 0.6 is 0 Å². The molecule has 5 heteroatoms. The lowest BCUT2D eigenvalue weighted by atomic mass is 9.67. The number of esters is 1. The van der Waals surface area contributed by atoms with E-state index in [-0.39, 0.29) is 23.5 Å². The molecule has 0 radical (unpaired) electrons. The summed E-state index contributed by atoms with van der Waals surface area (Å²) in [7, 11) is 1.29. The summed E-state index contributed by atoms with van der Waals surface area (Å²) in [4.78, 5) is 29.7. The highest BCUT2D eigenvalue weighted by atomic mass is 16.5. The van der Waals surface area contributed by atoms with Crippen LogP contribution in [0.15, 0.2) is 46.7 Å². The Hall–Kier alpha value is -2.43. The molecule has 1 atom stereocenters. The van der Waals surface area contributed by atoms with E-state index in [4.69, 9.17) is 4.74 Å². The zero-order valence-electron chi connectivity index (χ0n) is 16.6. The van der Waals surface area contributed by atoms with E-state index in [1.807, 2.05) is 37.3 Å². The second kappa shape index (κ2) is 8.98. The van der Waals surface area contributed by atoms with Crippen LogP contribution in [0.4, 0.5) is 0 Å². The monoisotopic (exact) mass is 371 g/mol. The number of aliphatic hydroxyl groups excluding tert-OH is 1. The fraction of sp³-hybridized carbons (Fsp3) is 0.500. The minimum absolute atomic E-state index is 0.162. The van der Waals surface area contributed by atoms with Crippen molar-refractivity contribution in [2.24, 2.45) is 16.3 Å². The molecule has 27 heavy (non-hydrogen) atoms. The summed E-state index contributed by atoms with van der Waals surface area (Å²) in [5.41, 5.74) is 1.26. The van der Waals surface area contributed by atoms with E-state index in [1.165, 1.54) is 12.7 Å². The van der Waals surface area contributed by atoms with Gasteiger partial charge in [0.25, 0.3) is 0 Å². The molecule has 0 saturated heterocycles. The quantitative estimate of drug-likeness (QED) is 0.579. The number of hydrogen-bond donors (Lipinski definition) is 1. The number of nitrogens with zero attached hydrogens (tertiary/aromatic N) is 1. The van der Waals surface area contributed by atoms with E-state index in [0.717, 1.165) is 12.8 Å². The molecule has 146 valence electrons. The summed E-state index contributed by atoms with van der Waals surface area (Å²) in [5.74, 6) is -1.74. The minimum atomic E-state index is -0.855. The Labute approximate surface area is 161 Å². The van der Waals surface area contributed by atoms with Gasteiger partial charge in [0.1, 0.15) is 11.7 Å². The molecule has 0 aromatic heterocycles. The van der Waals surface area contributed by atoms with Gasteiger partial charge in [-0.25, -0.2) is 0 Å². The van der Waals surface area contributed by atoms with Crippen LogP contribution in [-0.2, 0) is 20.7 Å². The summed E-state index contributed by atoms with van der Waals surface area (Å²) < 4.78 is 4.87. The van der Waals surface area contributed by atoms with Crippen LogP contribution in [0.5, 0.6) is 0 Å². The van der Waals surface area contributed by atoms with Gasteiger partial charge in [-0.1, -0.05) is 57.5 Å². The molecular formula is C22H29NO4. The van der Waals surface area contributed by atoms with Gasteiger partial charge in [-0.05, 0) is 23.8 Å². The van der Waals surface area contributed by atoms with Crippen molar-refractivity contribution in [3.8, 4) is 0 Å².